The number of carbonyl (C=O) groups excluding carboxylic acids is 2. The molecule has 0 saturated heterocycles. The molecule has 0 N–H and O–H groups in total. The second-order valence-electron chi connectivity index (χ2n) is 6.16. The minimum absolute atomic E-state index is 0.197. The Balaban J connectivity index is 0.00000163. The summed E-state index contributed by atoms with van der Waals surface area (Å²) in [6, 6.07) is 14.2. The Morgan fingerprint density at radius 1 is 1.04 bits per heavy atom. The van der Waals surface area contributed by atoms with Gasteiger partial charge in [0, 0.05) is 5.56 Å². The summed E-state index contributed by atoms with van der Waals surface area (Å²) in [6.45, 7) is 5.98. The first-order chi connectivity index (χ1) is 12.4. The first kappa shape index (κ1) is 22.0. The molecule has 0 aliphatic heterocycles. The van der Waals surface area contributed by atoms with Crippen LogP contribution in [0.15, 0.2) is 48.5 Å². The molecule has 1 atom stereocenters. The Hall–Kier alpha value is -2.03. The number of hydrogen-bond acceptors (Lipinski definition) is 4. The number of carbonyl (C=O) groups is 2. The largest absolute Gasteiger partial charge is 0.465 e. The number of benzene rings is 2. The van der Waals surface area contributed by atoms with E-state index in [-0.39, 0.29) is 18.3 Å². The van der Waals surface area contributed by atoms with Crippen LogP contribution in [0.1, 0.15) is 41.3 Å². The van der Waals surface area contributed by atoms with Gasteiger partial charge in [-0.1, -0.05) is 67.9 Å². The number of halogens is 1. The van der Waals surface area contributed by atoms with Crippen LogP contribution in [0, 0.1) is 12.8 Å². The Kier molecular flexibility index (Phi) is 9.18. The summed E-state index contributed by atoms with van der Waals surface area (Å²) in [5, 5.41) is 0.345. The molecule has 0 saturated carbocycles. The molecule has 2 aromatic rings. The van der Waals surface area contributed by atoms with Crippen molar-refractivity contribution in [1.29, 1.82) is 0 Å². The van der Waals surface area contributed by atoms with Crippen LogP contribution in [-0.2, 0) is 14.1 Å². The molecular weight excluding hydrogens is 371 g/mol. The lowest BCUT2D eigenvalue weighted by atomic mass is 9.89. The number of Topliss-reactive ketones (excluding diaryl/α,β-unsaturated/α-hetero) is 1. The Morgan fingerprint density at radius 3 is 2.19 bits per heavy atom. The third-order valence-electron chi connectivity index (χ3n) is 3.66. The summed E-state index contributed by atoms with van der Waals surface area (Å²) in [7, 11) is 1.72. The smallest absolute Gasteiger partial charge is 0.321 e. The monoisotopic (exact) mass is 392 g/mol. The normalized spacial score (nSPS) is 11.3. The van der Waals surface area contributed by atoms with E-state index in [9.17, 15) is 9.59 Å². The molecule has 0 aromatic heterocycles. The Morgan fingerprint density at radius 2 is 1.65 bits per heavy atom. The van der Waals surface area contributed by atoms with Gasteiger partial charge in [0.05, 0.1) is 11.6 Å². The van der Waals surface area contributed by atoms with E-state index in [0.717, 1.165) is 5.56 Å². The zero-order valence-electron chi connectivity index (χ0n) is 15.0. The zero-order valence-corrected chi connectivity index (χ0v) is 16.7. The average molecular weight is 393 g/mol. The SMILES string of the molecule is Cc1cccc(Cl)c1C(=O)C(C(=O)OCC(C)C)c1ccccc1.O=P. The van der Waals surface area contributed by atoms with Crippen molar-refractivity contribution in [2.75, 3.05) is 6.61 Å². The van der Waals surface area contributed by atoms with Crippen molar-refractivity contribution >= 4 is 32.5 Å². The van der Waals surface area contributed by atoms with Gasteiger partial charge in [-0.25, -0.2) is 0 Å². The van der Waals surface area contributed by atoms with E-state index in [2.05, 4.69) is 0 Å². The molecule has 2 aromatic carbocycles. The number of hydrogen-bond donors (Lipinski definition) is 0. The fraction of sp³-hybridized carbons (Fsp3) is 0.300. The predicted octanol–water partition coefficient (Wildman–Crippen LogP) is 5.29. The zero-order chi connectivity index (χ0) is 19.7. The van der Waals surface area contributed by atoms with E-state index in [1.54, 1.807) is 58.5 Å². The van der Waals surface area contributed by atoms with E-state index in [1.165, 1.54) is 0 Å². The third-order valence-corrected chi connectivity index (χ3v) is 3.97. The molecule has 0 amide bonds. The van der Waals surface area contributed by atoms with Crippen LogP contribution < -0.4 is 0 Å². The van der Waals surface area contributed by atoms with Gasteiger partial charge in [-0.15, -0.1) is 0 Å². The molecule has 0 bridgehead atoms. The fourth-order valence-corrected chi connectivity index (χ4v) is 2.78. The molecule has 0 radical (unpaired) electrons. The molecule has 0 aliphatic rings. The summed E-state index contributed by atoms with van der Waals surface area (Å²) in [4.78, 5) is 25.7. The van der Waals surface area contributed by atoms with Crippen LogP contribution in [0.5, 0.6) is 0 Å². The number of ketones is 1. The van der Waals surface area contributed by atoms with Gasteiger partial charge in [0.1, 0.15) is 15.0 Å². The summed E-state index contributed by atoms with van der Waals surface area (Å²) >= 11 is 6.22. The third kappa shape index (κ3) is 5.76. The molecule has 0 spiro atoms. The van der Waals surface area contributed by atoms with Crippen molar-refractivity contribution in [3.05, 3.63) is 70.2 Å². The first-order valence-corrected chi connectivity index (χ1v) is 8.91. The highest BCUT2D eigenvalue weighted by Gasteiger charge is 2.32. The van der Waals surface area contributed by atoms with Crippen LogP contribution >= 0.6 is 20.7 Å². The van der Waals surface area contributed by atoms with Crippen LogP contribution in [0.25, 0.3) is 0 Å². The number of rotatable bonds is 6. The average Bonchev–Trinajstić information content (AvgIpc) is 2.62. The summed E-state index contributed by atoms with van der Waals surface area (Å²) in [5.41, 5.74) is 1.72. The molecule has 6 heteroatoms. The van der Waals surface area contributed by atoms with Crippen LogP contribution in [-0.4, -0.2) is 18.4 Å². The number of esters is 1. The quantitative estimate of drug-likeness (QED) is 0.290. The molecule has 4 nitrogen and oxygen atoms in total. The van der Waals surface area contributed by atoms with E-state index in [1.807, 2.05) is 19.9 Å². The molecule has 26 heavy (non-hydrogen) atoms. The second kappa shape index (κ2) is 10.8. The van der Waals surface area contributed by atoms with Crippen molar-refractivity contribution in [1.82, 2.24) is 0 Å². The second-order valence-corrected chi connectivity index (χ2v) is 6.57. The Labute approximate surface area is 161 Å². The summed E-state index contributed by atoms with van der Waals surface area (Å²) in [5.74, 6) is -1.69. The van der Waals surface area contributed by atoms with Gasteiger partial charge >= 0.3 is 5.97 Å². The van der Waals surface area contributed by atoms with Gasteiger partial charge in [-0.3, -0.25) is 14.2 Å². The summed E-state index contributed by atoms with van der Waals surface area (Å²) < 4.78 is 13.4. The Bertz CT molecular complexity index is 726. The van der Waals surface area contributed by atoms with E-state index in [4.69, 9.17) is 20.9 Å². The molecule has 0 heterocycles. The topological polar surface area (TPSA) is 60.4 Å². The van der Waals surface area contributed by atoms with Crippen molar-refractivity contribution in [3.63, 3.8) is 0 Å². The lowest BCUT2D eigenvalue weighted by molar-refractivity contribution is -0.145. The van der Waals surface area contributed by atoms with E-state index < -0.39 is 11.9 Å². The maximum atomic E-state index is 13.1. The van der Waals surface area contributed by atoms with Gasteiger partial charge in [0.2, 0.25) is 0 Å². The van der Waals surface area contributed by atoms with Crippen molar-refractivity contribution in [3.8, 4) is 0 Å². The minimum Gasteiger partial charge on any atom is -0.465 e. The first-order valence-electron chi connectivity index (χ1n) is 8.13. The van der Waals surface area contributed by atoms with Crippen molar-refractivity contribution in [2.45, 2.75) is 26.7 Å². The molecular formula is C20H22ClO4P. The maximum Gasteiger partial charge on any atom is 0.321 e. The molecule has 2 rings (SSSR count). The molecule has 0 fully saturated rings. The molecule has 0 aliphatic carbocycles. The summed E-state index contributed by atoms with van der Waals surface area (Å²) in [6.07, 6.45) is 0. The van der Waals surface area contributed by atoms with Gasteiger partial charge in [0.15, 0.2) is 5.78 Å². The van der Waals surface area contributed by atoms with Gasteiger partial charge in [-0.2, -0.15) is 0 Å². The van der Waals surface area contributed by atoms with Gasteiger partial charge in [0.25, 0.3) is 0 Å². The van der Waals surface area contributed by atoms with Crippen LogP contribution in [0.3, 0.4) is 0 Å². The standard InChI is InChI=1S/C20H21ClO3.HOP/c1-13(2)12-24-20(23)18(15-9-5-4-6-10-15)19(22)17-14(3)8-7-11-16(17)21;1-2/h4-11,13,18H,12H2,1-3H3;2H. The fourth-order valence-electron chi connectivity index (χ4n) is 2.46. The van der Waals surface area contributed by atoms with E-state index in [0.29, 0.717) is 16.1 Å². The van der Waals surface area contributed by atoms with Crippen molar-refractivity contribution < 1.29 is 18.9 Å². The number of aryl methyl sites for hydroxylation is 1. The van der Waals surface area contributed by atoms with Crippen LogP contribution in [0.2, 0.25) is 5.02 Å². The predicted molar refractivity (Wildman–Crippen MR) is 105 cm³/mol. The van der Waals surface area contributed by atoms with Crippen molar-refractivity contribution in [2.24, 2.45) is 5.92 Å². The number of ether oxygens (including phenoxy) is 1. The highest BCUT2D eigenvalue weighted by Crippen LogP contribution is 2.28. The molecule has 1 unspecified atom stereocenters. The molecule has 138 valence electrons. The maximum absolute atomic E-state index is 13.1. The van der Waals surface area contributed by atoms with Crippen LogP contribution in [0.4, 0.5) is 0 Å². The van der Waals surface area contributed by atoms with E-state index >= 15 is 0 Å². The lowest BCUT2D eigenvalue weighted by Gasteiger charge is -2.18. The van der Waals surface area contributed by atoms with Gasteiger partial charge < -0.3 is 4.74 Å². The van der Waals surface area contributed by atoms with Gasteiger partial charge in [-0.05, 0) is 30.0 Å². The minimum atomic E-state index is -1.01. The highest BCUT2D eigenvalue weighted by molar-refractivity contribution is 7.00. The highest BCUT2D eigenvalue weighted by atomic mass is 35.5. The lowest BCUT2D eigenvalue weighted by Crippen LogP contribution is -2.26.